The third kappa shape index (κ3) is 4.18. The van der Waals surface area contributed by atoms with Crippen molar-refractivity contribution in [2.45, 2.75) is 51.5 Å². The van der Waals surface area contributed by atoms with Gasteiger partial charge in [-0.3, -0.25) is 4.79 Å². The molecule has 1 aliphatic heterocycles. The van der Waals surface area contributed by atoms with E-state index in [-0.39, 0.29) is 22.3 Å². The van der Waals surface area contributed by atoms with Gasteiger partial charge < -0.3 is 5.32 Å². The molecule has 24 heavy (non-hydrogen) atoms. The lowest BCUT2D eigenvalue weighted by Gasteiger charge is -2.28. The number of hydrogen-bond acceptors (Lipinski definition) is 3. The molecule has 0 aromatic heterocycles. The number of hydrogen-bond donors (Lipinski definition) is 1. The van der Waals surface area contributed by atoms with Crippen molar-refractivity contribution in [3.63, 3.8) is 0 Å². The highest BCUT2D eigenvalue weighted by molar-refractivity contribution is 9.10. The van der Waals surface area contributed by atoms with Gasteiger partial charge in [0.2, 0.25) is 10.0 Å². The average Bonchev–Trinajstić information content (AvgIpc) is 3.01. The Labute approximate surface area is 153 Å². The van der Waals surface area contributed by atoms with Crippen molar-refractivity contribution >= 4 is 31.9 Å². The number of benzene rings is 1. The zero-order valence-corrected chi connectivity index (χ0v) is 17.0. The third-order valence-electron chi connectivity index (χ3n) is 4.52. The Morgan fingerprint density at radius 1 is 1.25 bits per heavy atom. The fraction of sp³-hybridized carbons (Fsp3) is 0.588. The number of carbonyl (C=O) groups excluding carboxylic acids is 1. The molecule has 1 heterocycles. The van der Waals surface area contributed by atoms with E-state index in [1.165, 1.54) is 10.4 Å². The summed E-state index contributed by atoms with van der Waals surface area (Å²) in [6, 6.07) is 4.69. The highest BCUT2D eigenvalue weighted by atomic mass is 79.9. The summed E-state index contributed by atoms with van der Waals surface area (Å²) in [5.41, 5.74) is 0.280. The van der Waals surface area contributed by atoms with Gasteiger partial charge in [-0.25, -0.2) is 8.42 Å². The number of rotatable bonds is 4. The number of carbonyl (C=O) groups is 1. The molecule has 134 valence electrons. The van der Waals surface area contributed by atoms with Crippen LogP contribution in [-0.2, 0) is 10.0 Å². The van der Waals surface area contributed by atoms with Crippen LogP contribution in [0.2, 0.25) is 0 Å². The van der Waals surface area contributed by atoms with Gasteiger partial charge in [-0.1, -0.05) is 20.8 Å². The molecular weight excluding hydrogens is 392 g/mol. The quantitative estimate of drug-likeness (QED) is 0.817. The van der Waals surface area contributed by atoms with E-state index in [1.54, 1.807) is 12.1 Å². The Balaban J connectivity index is 2.30. The first-order valence-corrected chi connectivity index (χ1v) is 10.4. The molecular formula is C17H25BrN2O3S. The fourth-order valence-electron chi connectivity index (χ4n) is 2.41. The molecule has 0 spiro atoms. The molecule has 1 aromatic carbocycles. The summed E-state index contributed by atoms with van der Waals surface area (Å²) in [6.07, 6.45) is 1.75. The van der Waals surface area contributed by atoms with Gasteiger partial charge in [-0.15, -0.1) is 0 Å². The molecule has 1 saturated heterocycles. The number of nitrogens with zero attached hydrogens (tertiary/aromatic N) is 1. The Bertz CT molecular complexity index is 720. The summed E-state index contributed by atoms with van der Waals surface area (Å²) in [7, 11) is -3.58. The molecule has 0 bridgehead atoms. The van der Waals surface area contributed by atoms with Crippen LogP contribution in [0.15, 0.2) is 27.6 Å². The van der Waals surface area contributed by atoms with E-state index in [2.05, 4.69) is 21.2 Å². The molecule has 1 unspecified atom stereocenters. The lowest BCUT2D eigenvalue weighted by atomic mass is 9.88. The predicted molar refractivity (Wildman–Crippen MR) is 98.5 cm³/mol. The van der Waals surface area contributed by atoms with Crippen LogP contribution >= 0.6 is 15.9 Å². The molecule has 2 rings (SSSR count). The zero-order chi connectivity index (χ0) is 18.1. The van der Waals surface area contributed by atoms with Crippen molar-refractivity contribution in [1.82, 2.24) is 9.62 Å². The van der Waals surface area contributed by atoms with Crippen LogP contribution in [0, 0.1) is 5.41 Å². The second-order valence-electron chi connectivity index (χ2n) is 7.32. The van der Waals surface area contributed by atoms with Crippen LogP contribution in [-0.4, -0.2) is 37.8 Å². The molecule has 1 aromatic rings. The fourth-order valence-corrected chi connectivity index (χ4v) is 4.87. The summed E-state index contributed by atoms with van der Waals surface area (Å²) < 4.78 is 27.5. The molecule has 1 amide bonds. The molecule has 0 radical (unpaired) electrons. The third-order valence-corrected chi connectivity index (χ3v) is 7.42. The van der Waals surface area contributed by atoms with E-state index >= 15 is 0 Å². The average molecular weight is 417 g/mol. The van der Waals surface area contributed by atoms with Crippen molar-refractivity contribution in [2.24, 2.45) is 5.41 Å². The maximum absolute atomic E-state index is 12.8. The van der Waals surface area contributed by atoms with E-state index in [1.807, 2.05) is 27.7 Å². The first kappa shape index (κ1) is 19.4. The van der Waals surface area contributed by atoms with Gasteiger partial charge in [0.05, 0.1) is 4.90 Å². The topological polar surface area (TPSA) is 66.5 Å². The van der Waals surface area contributed by atoms with Gasteiger partial charge in [0.1, 0.15) is 0 Å². The number of amides is 1. The van der Waals surface area contributed by atoms with Gasteiger partial charge in [0.25, 0.3) is 5.91 Å². The molecule has 0 saturated carbocycles. The molecule has 1 fully saturated rings. The second-order valence-corrected chi connectivity index (χ2v) is 10.1. The van der Waals surface area contributed by atoms with Crippen LogP contribution < -0.4 is 5.32 Å². The Hall–Kier alpha value is -0.920. The van der Waals surface area contributed by atoms with Gasteiger partial charge in [0.15, 0.2) is 0 Å². The monoisotopic (exact) mass is 416 g/mol. The summed E-state index contributed by atoms with van der Waals surface area (Å²) in [5.74, 6) is -0.261. The molecule has 1 atom stereocenters. The lowest BCUT2D eigenvalue weighted by Crippen LogP contribution is -2.41. The van der Waals surface area contributed by atoms with E-state index in [4.69, 9.17) is 0 Å². The molecule has 1 aliphatic rings. The Kier molecular flexibility index (Phi) is 5.77. The summed E-state index contributed by atoms with van der Waals surface area (Å²) >= 11 is 3.31. The molecule has 1 N–H and O–H groups in total. The summed E-state index contributed by atoms with van der Waals surface area (Å²) in [5, 5.41) is 2.94. The zero-order valence-electron chi connectivity index (χ0n) is 14.6. The predicted octanol–water partition coefficient (Wildman–Crippen LogP) is 3.40. The molecule has 7 heteroatoms. The van der Waals surface area contributed by atoms with E-state index in [0.29, 0.717) is 23.1 Å². The van der Waals surface area contributed by atoms with Crippen LogP contribution in [0.25, 0.3) is 0 Å². The minimum absolute atomic E-state index is 0.0349. The number of sulfonamides is 1. The van der Waals surface area contributed by atoms with Crippen molar-refractivity contribution in [1.29, 1.82) is 0 Å². The van der Waals surface area contributed by atoms with Crippen LogP contribution in [0.5, 0.6) is 0 Å². The molecule has 5 nitrogen and oxygen atoms in total. The van der Waals surface area contributed by atoms with Crippen molar-refractivity contribution in [2.75, 3.05) is 13.1 Å². The highest BCUT2D eigenvalue weighted by Crippen LogP contribution is 2.28. The Morgan fingerprint density at radius 3 is 2.38 bits per heavy atom. The number of nitrogens with one attached hydrogen (secondary N) is 1. The highest BCUT2D eigenvalue weighted by Gasteiger charge is 2.30. The van der Waals surface area contributed by atoms with Gasteiger partial charge in [-0.2, -0.15) is 4.31 Å². The van der Waals surface area contributed by atoms with Gasteiger partial charge in [-0.05, 0) is 59.3 Å². The first-order chi connectivity index (χ1) is 11.0. The first-order valence-electron chi connectivity index (χ1n) is 8.14. The summed E-state index contributed by atoms with van der Waals surface area (Å²) in [6.45, 7) is 9.14. The summed E-state index contributed by atoms with van der Waals surface area (Å²) in [4.78, 5) is 12.6. The van der Waals surface area contributed by atoms with Gasteiger partial charge in [0, 0.05) is 29.2 Å². The maximum atomic E-state index is 12.8. The van der Waals surface area contributed by atoms with Crippen molar-refractivity contribution < 1.29 is 13.2 Å². The van der Waals surface area contributed by atoms with E-state index < -0.39 is 10.0 Å². The van der Waals surface area contributed by atoms with Crippen LogP contribution in [0.3, 0.4) is 0 Å². The van der Waals surface area contributed by atoms with Crippen molar-refractivity contribution in [3.05, 3.63) is 28.2 Å². The minimum atomic E-state index is -3.58. The van der Waals surface area contributed by atoms with E-state index in [9.17, 15) is 13.2 Å². The van der Waals surface area contributed by atoms with Crippen LogP contribution in [0.4, 0.5) is 0 Å². The maximum Gasteiger partial charge on any atom is 0.251 e. The van der Waals surface area contributed by atoms with E-state index in [0.717, 1.165) is 12.8 Å². The largest absolute Gasteiger partial charge is 0.349 e. The smallest absolute Gasteiger partial charge is 0.251 e. The van der Waals surface area contributed by atoms with Crippen molar-refractivity contribution in [3.8, 4) is 0 Å². The second kappa shape index (κ2) is 7.14. The molecule has 0 aliphatic carbocycles. The Morgan fingerprint density at radius 2 is 1.83 bits per heavy atom. The van der Waals surface area contributed by atoms with Gasteiger partial charge >= 0.3 is 0 Å². The normalized spacial score (nSPS) is 17.7. The van der Waals surface area contributed by atoms with Crippen LogP contribution in [0.1, 0.15) is 50.9 Å². The SMILES string of the molecule is CC(NC(=O)c1ccc(Br)c(S(=O)(=O)N2CCCC2)c1)C(C)(C)C. The minimum Gasteiger partial charge on any atom is -0.349 e. The number of halogens is 1. The lowest BCUT2D eigenvalue weighted by molar-refractivity contribution is 0.0910. The standard InChI is InChI=1S/C17H25BrN2O3S/c1-12(17(2,3)4)19-16(21)13-7-8-14(18)15(11-13)24(22,23)20-9-5-6-10-20/h7-8,11-12H,5-6,9-10H2,1-4H3,(H,19,21).